The molecule has 5 heteroatoms. The van der Waals surface area contributed by atoms with Crippen molar-refractivity contribution in [2.24, 2.45) is 5.73 Å². The van der Waals surface area contributed by atoms with E-state index in [0.29, 0.717) is 0 Å². The van der Waals surface area contributed by atoms with E-state index in [-0.39, 0.29) is 19.4 Å². The summed E-state index contributed by atoms with van der Waals surface area (Å²) in [5.74, 6) is 0. The number of hydrogen-bond acceptors (Lipinski definition) is 2. The third-order valence-electron chi connectivity index (χ3n) is 1.91. The van der Waals surface area contributed by atoms with Crippen LogP contribution in [-0.2, 0) is 0 Å². The second-order valence-electron chi connectivity index (χ2n) is 2.90. The van der Waals surface area contributed by atoms with Gasteiger partial charge in [0.15, 0.2) is 0 Å². The van der Waals surface area contributed by atoms with Gasteiger partial charge in [0.05, 0.1) is 5.60 Å². The minimum Gasteiger partial charge on any atom is -0.389 e. The SMILES string of the molecule is CCC(O)(CN)CCC(F)(F)F. The molecule has 2 nitrogen and oxygen atoms in total. The van der Waals surface area contributed by atoms with Gasteiger partial charge in [-0.1, -0.05) is 6.92 Å². The summed E-state index contributed by atoms with van der Waals surface area (Å²) in [6.45, 7) is 1.49. The van der Waals surface area contributed by atoms with Crippen LogP contribution in [0, 0.1) is 0 Å². The van der Waals surface area contributed by atoms with Crippen molar-refractivity contribution >= 4 is 0 Å². The molecule has 1 unspecified atom stereocenters. The molecule has 0 aliphatic rings. The fourth-order valence-electron chi connectivity index (χ4n) is 0.798. The lowest BCUT2D eigenvalue weighted by molar-refractivity contribution is -0.146. The molecular formula is C7H14F3NO. The second-order valence-corrected chi connectivity index (χ2v) is 2.90. The molecule has 0 aromatic heterocycles. The molecule has 1 atom stereocenters. The highest BCUT2D eigenvalue weighted by Crippen LogP contribution is 2.26. The second kappa shape index (κ2) is 4.09. The lowest BCUT2D eigenvalue weighted by Crippen LogP contribution is -2.38. The fraction of sp³-hybridized carbons (Fsp3) is 1.00. The van der Waals surface area contributed by atoms with E-state index in [1.54, 1.807) is 6.92 Å². The van der Waals surface area contributed by atoms with Gasteiger partial charge in [0.25, 0.3) is 0 Å². The molecule has 0 saturated carbocycles. The molecule has 0 rings (SSSR count). The third kappa shape index (κ3) is 4.56. The van der Waals surface area contributed by atoms with Crippen molar-refractivity contribution in [3.63, 3.8) is 0 Å². The maximum Gasteiger partial charge on any atom is 0.389 e. The maximum atomic E-state index is 11.7. The molecule has 0 heterocycles. The maximum absolute atomic E-state index is 11.7. The molecule has 0 bridgehead atoms. The Bertz CT molecular complexity index is 131. The van der Waals surface area contributed by atoms with Crippen LogP contribution in [0.1, 0.15) is 26.2 Å². The Balaban J connectivity index is 3.89. The van der Waals surface area contributed by atoms with Crippen LogP contribution in [0.5, 0.6) is 0 Å². The number of rotatable bonds is 4. The van der Waals surface area contributed by atoms with Crippen LogP contribution in [0.15, 0.2) is 0 Å². The molecule has 0 spiro atoms. The molecule has 0 aromatic rings. The Hall–Kier alpha value is -0.290. The van der Waals surface area contributed by atoms with Gasteiger partial charge in [-0.05, 0) is 12.8 Å². The van der Waals surface area contributed by atoms with Gasteiger partial charge >= 0.3 is 6.18 Å². The van der Waals surface area contributed by atoms with Crippen molar-refractivity contribution in [1.29, 1.82) is 0 Å². The lowest BCUT2D eigenvalue weighted by Gasteiger charge is -2.25. The van der Waals surface area contributed by atoms with Gasteiger partial charge in [0.1, 0.15) is 0 Å². The van der Waals surface area contributed by atoms with E-state index >= 15 is 0 Å². The van der Waals surface area contributed by atoms with Gasteiger partial charge in [0.2, 0.25) is 0 Å². The average Bonchev–Trinajstić information content (AvgIpc) is 1.99. The molecule has 0 amide bonds. The molecule has 0 aliphatic heterocycles. The number of halogens is 3. The van der Waals surface area contributed by atoms with Crippen LogP contribution in [-0.4, -0.2) is 23.4 Å². The van der Waals surface area contributed by atoms with Crippen LogP contribution >= 0.6 is 0 Å². The van der Waals surface area contributed by atoms with Crippen molar-refractivity contribution < 1.29 is 18.3 Å². The van der Waals surface area contributed by atoms with Gasteiger partial charge in [-0.2, -0.15) is 13.2 Å². The van der Waals surface area contributed by atoms with E-state index in [0.717, 1.165) is 0 Å². The number of hydrogen-bond donors (Lipinski definition) is 2. The van der Waals surface area contributed by atoms with Crippen molar-refractivity contribution in [2.75, 3.05) is 6.54 Å². The first-order valence-corrected chi connectivity index (χ1v) is 3.82. The zero-order chi connectivity index (χ0) is 9.83. The first kappa shape index (κ1) is 11.7. The quantitative estimate of drug-likeness (QED) is 0.696. The summed E-state index contributed by atoms with van der Waals surface area (Å²) in [4.78, 5) is 0. The molecule has 0 aromatic carbocycles. The summed E-state index contributed by atoms with van der Waals surface area (Å²) < 4.78 is 35.1. The highest BCUT2D eigenvalue weighted by molar-refractivity contribution is 4.78. The van der Waals surface area contributed by atoms with Crippen LogP contribution in [0.3, 0.4) is 0 Å². The predicted molar refractivity (Wildman–Crippen MR) is 39.6 cm³/mol. The first-order chi connectivity index (χ1) is 5.33. The van der Waals surface area contributed by atoms with Crippen LogP contribution in [0.2, 0.25) is 0 Å². The Morgan fingerprint density at radius 1 is 1.25 bits per heavy atom. The highest BCUT2D eigenvalue weighted by Gasteiger charge is 2.32. The largest absolute Gasteiger partial charge is 0.389 e. The van der Waals surface area contributed by atoms with Gasteiger partial charge in [-0.3, -0.25) is 0 Å². The predicted octanol–water partition coefficient (Wildman–Crippen LogP) is 1.43. The molecule has 74 valence electrons. The Morgan fingerprint density at radius 3 is 2.00 bits per heavy atom. The van der Waals surface area contributed by atoms with E-state index < -0.39 is 18.2 Å². The van der Waals surface area contributed by atoms with E-state index in [9.17, 15) is 18.3 Å². The van der Waals surface area contributed by atoms with E-state index in [4.69, 9.17) is 5.73 Å². The van der Waals surface area contributed by atoms with E-state index in [1.165, 1.54) is 0 Å². The van der Waals surface area contributed by atoms with Gasteiger partial charge in [-0.15, -0.1) is 0 Å². The summed E-state index contributed by atoms with van der Waals surface area (Å²) in [6, 6.07) is 0. The van der Waals surface area contributed by atoms with Gasteiger partial charge < -0.3 is 10.8 Å². The molecule has 3 N–H and O–H groups in total. The molecule has 0 fully saturated rings. The van der Waals surface area contributed by atoms with E-state index in [2.05, 4.69) is 0 Å². The average molecular weight is 185 g/mol. The van der Waals surface area contributed by atoms with Crippen LogP contribution < -0.4 is 5.73 Å². The third-order valence-corrected chi connectivity index (χ3v) is 1.91. The Labute approximate surface area is 69.6 Å². The standard InChI is InChI=1S/C7H14F3NO/c1-2-6(12,5-11)3-4-7(8,9)10/h12H,2-5,11H2,1H3. The number of nitrogens with two attached hydrogens (primary N) is 1. The monoisotopic (exact) mass is 185 g/mol. The minimum absolute atomic E-state index is 0.125. The van der Waals surface area contributed by atoms with E-state index in [1.807, 2.05) is 0 Å². The highest BCUT2D eigenvalue weighted by atomic mass is 19.4. The van der Waals surface area contributed by atoms with Crippen LogP contribution in [0.25, 0.3) is 0 Å². The Morgan fingerprint density at radius 2 is 1.75 bits per heavy atom. The van der Waals surface area contributed by atoms with Gasteiger partial charge in [0, 0.05) is 13.0 Å². The van der Waals surface area contributed by atoms with Crippen LogP contribution in [0.4, 0.5) is 13.2 Å². The summed E-state index contributed by atoms with van der Waals surface area (Å²) in [5.41, 5.74) is 3.78. The minimum atomic E-state index is -4.21. The lowest BCUT2D eigenvalue weighted by atomic mass is 9.95. The summed E-state index contributed by atoms with van der Waals surface area (Å²) >= 11 is 0. The van der Waals surface area contributed by atoms with Crippen molar-refractivity contribution in [2.45, 2.75) is 38.0 Å². The molecule has 0 aliphatic carbocycles. The fourth-order valence-corrected chi connectivity index (χ4v) is 0.798. The molecule has 0 radical (unpaired) electrons. The number of alkyl halides is 3. The van der Waals surface area contributed by atoms with Crippen molar-refractivity contribution in [3.8, 4) is 0 Å². The zero-order valence-electron chi connectivity index (χ0n) is 6.99. The summed E-state index contributed by atoms with van der Waals surface area (Å²) in [6.07, 6.45) is -5.25. The molecule has 12 heavy (non-hydrogen) atoms. The topological polar surface area (TPSA) is 46.2 Å². The van der Waals surface area contributed by atoms with Gasteiger partial charge in [-0.25, -0.2) is 0 Å². The summed E-state index contributed by atoms with van der Waals surface area (Å²) in [7, 11) is 0. The zero-order valence-corrected chi connectivity index (χ0v) is 6.99. The number of aliphatic hydroxyl groups is 1. The Kier molecular flexibility index (Phi) is 3.99. The first-order valence-electron chi connectivity index (χ1n) is 3.82. The molecule has 0 saturated heterocycles. The van der Waals surface area contributed by atoms with Crippen molar-refractivity contribution in [1.82, 2.24) is 0 Å². The van der Waals surface area contributed by atoms with Crippen molar-refractivity contribution in [3.05, 3.63) is 0 Å². The molecular weight excluding hydrogens is 171 g/mol. The normalized spacial score (nSPS) is 17.5. The summed E-state index contributed by atoms with van der Waals surface area (Å²) in [5, 5.41) is 9.37. The smallest absolute Gasteiger partial charge is 0.389 e.